The molecule has 0 aromatic carbocycles. The quantitative estimate of drug-likeness (QED) is 0.847. The fourth-order valence-corrected chi connectivity index (χ4v) is 3.18. The molecule has 0 amide bonds. The van der Waals surface area contributed by atoms with E-state index in [2.05, 4.69) is 38.9 Å². The smallest absolute Gasteiger partial charge is 0.136 e. The summed E-state index contributed by atoms with van der Waals surface area (Å²) in [6.45, 7) is 10.9. The van der Waals surface area contributed by atoms with Crippen molar-refractivity contribution in [3.8, 4) is 0 Å². The summed E-state index contributed by atoms with van der Waals surface area (Å²) in [4.78, 5) is 14.0. The second-order valence-corrected chi connectivity index (χ2v) is 5.47. The molecule has 19 heavy (non-hydrogen) atoms. The van der Waals surface area contributed by atoms with Crippen LogP contribution in [0, 0.1) is 0 Å². The van der Waals surface area contributed by atoms with Crippen molar-refractivity contribution in [3.05, 3.63) is 17.6 Å². The van der Waals surface area contributed by atoms with Crippen molar-refractivity contribution < 1.29 is 0 Å². The Kier molecular flexibility index (Phi) is 3.66. The van der Waals surface area contributed by atoms with Crippen LogP contribution < -0.4 is 10.2 Å². The van der Waals surface area contributed by atoms with Gasteiger partial charge in [-0.05, 0) is 13.5 Å². The molecule has 0 bridgehead atoms. The molecule has 5 nitrogen and oxygen atoms in total. The van der Waals surface area contributed by atoms with Crippen LogP contribution in [0.25, 0.3) is 0 Å². The van der Waals surface area contributed by atoms with E-state index < -0.39 is 0 Å². The molecule has 104 valence electrons. The lowest BCUT2D eigenvalue weighted by Gasteiger charge is -2.40. The van der Waals surface area contributed by atoms with Gasteiger partial charge in [0.05, 0.1) is 5.69 Å². The Labute approximate surface area is 115 Å². The van der Waals surface area contributed by atoms with Gasteiger partial charge in [0.25, 0.3) is 0 Å². The number of hydrogen-bond acceptors (Lipinski definition) is 5. The fraction of sp³-hybridized carbons (Fsp3) is 0.714. The minimum atomic E-state index is 0.598. The number of likely N-dealkylation sites (N-methyl/N-ethyl adjacent to an activating group) is 1. The standard InChI is InChI=1S/C14H23N5/c1-3-18-6-7-19(9-11(18)2)14-12-8-15-5-4-13(12)16-10-17-14/h10-11,15H,3-9H2,1-2H3. The Morgan fingerprint density at radius 3 is 3.05 bits per heavy atom. The Morgan fingerprint density at radius 2 is 2.26 bits per heavy atom. The monoisotopic (exact) mass is 261 g/mol. The van der Waals surface area contributed by atoms with Crippen LogP contribution in [0.15, 0.2) is 6.33 Å². The normalized spacial score (nSPS) is 24.3. The molecule has 0 radical (unpaired) electrons. The van der Waals surface area contributed by atoms with Crippen LogP contribution >= 0.6 is 0 Å². The van der Waals surface area contributed by atoms with E-state index in [4.69, 9.17) is 0 Å². The number of rotatable bonds is 2. The van der Waals surface area contributed by atoms with E-state index >= 15 is 0 Å². The highest BCUT2D eigenvalue weighted by Crippen LogP contribution is 2.24. The van der Waals surface area contributed by atoms with Crippen LogP contribution in [0.2, 0.25) is 0 Å². The van der Waals surface area contributed by atoms with E-state index in [1.165, 1.54) is 11.3 Å². The zero-order chi connectivity index (χ0) is 13.2. The summed E-state index contributed by atoms with van der Waals surface area (Å²) in [7, 11) is 0. The Bertz CT molecular complexity index is 447. The van der Waals surface area contributed by atoms with Gasteiger partial charge in [0.2, 0.25) is 0 Å². The Balaban J connectivity index is 1.83. The van der Waals surface area contributed by atoms with Crippen molar-refractivity contribution in [2.24, 2.45) is 0 Å². The fourth-order valence-electron chi connectivity index (χ4n) is 3.18. The van der Waals surface area contributed by atoms with E-state index in [0.29, 0.717) is 6.04 Å². The largest absolute Gasteiger partial charge is 0.353 e. The summed E-state index contributed by atoms with van der Waals surface area (Å²) in [5.74, 6) is 1.15. The summed E-state index contributed by atoms with van der Waals surface area (Å²) >= 11 is 0. The predicted octanol–water partition coefficient (Wildman–Crippen LogP) is 0.653. The van der Waals surface area contributed by atoms with Crippen molar-refractivity contribution in [2.45, 2.75) is 32.9 Å². The Hall–Kier alpha value is -1.20. The van der Waals surface area contributed by atoms with Gasteiger partial charge in [-0.15, -0.1) is 0 Å². The second-order valence-electron chi connectivity index (χ2n) is 5.47. The first-order chi connectivity index (χ1) is 9.29. The molecular weight excluding hydrogens is 238 g/mol. The van der Waals surface area contributed by atoms with Crippen LogP contribution in [-0.4, -0.2) is 53.6 Å². The minimum absolute atomic E-state index is 0.598. The highest BCUT2D eigenvalue weighted by atomic mass is 15.3. The van der Waals surface area contributed by atoms with Crippen molar-refractivity contribution >= 4 is 5.82 Å². The molecule has 0 saturated carbocycles. The lowest BCUT2D eigenvalue weighted by Crippen LogP contribution is -2.52. The summed E-state index contributed by atoms with van der Waals surface area (Å²) in [5.41, 5.74) is 2.54. The van der Waals surface area contributed by atoms with Gasteiger partial charge in [0, 0.05) is 50.7 Å². The van der Waals surface area contributed by atoms with E-state index in [1.807, 2.05) is 0 Å². The first-order valence-electron chi connectivity index (χ1n) is 7.32. The first kappa shape index (κ1) is 12.8. The van der Waals surface area contributed by atoms with Gasteiger partial charge in [0.1, 0.15) is 12.1 Å². The van der Waals surface area contributed by atoms with Crippen LogP contribution in [-0.2, 0) is 13.0 Å². The minimum Gasteiger partial charge on any atom is -0.353 e. The molecule has 0 aliphatic carbocycles. The van der Waals surface area contributed by atoms with E-state index in [9.17, 15) is 0 Å². The number of piperazine rings is 1. The summed E-state index contributed by atoms with van der Waals surface area (Å²) in [6.07, 6.45) is 2.76. The van der Waals surface area contributed by atoms with E-state index in [1.54, 1.807) is 6.33 Å². The molecule has 1 atom stereocenters. The van der Waals surface area contributed by atoms with Crippen LogP contribution in [0.5, 0.6) is 0 Å². The van der Waals surface area contributed by atoms with Gasteiger partial charge in [-0.2, -0.15) is 0 Å². The topological polar surface area (TPSA) is 44.3 Å². The number of fused-ring (bicyclic) bond motifs is 1. The van der Waals surface area contributed by atoms with E-state index in [-0.39, 0.29) is 0 Å². The number of anilines is 1. The average Bonchev–Trinajstić information content (AvgIpc) is 2.46. The zero-order valence-corrected chi connectivity index (χ0v) is 11.9. The molecular formula is C14H23N5. The van der Waals surface area contributed by atoms with Gasteiger partial charge in [-0.3, -0.25) is 4.90 Å². The second kappa shape index (κ2) is 5.43. The van der Waals surface area contributed by atoms with Crippen molar-refractivity contribution in [3.63, 3.8) is 0 Å². The molecule has 2 aliphatic rings. The average molecular weight is 261 g/mol. The maximum atomic E-state index is 4.56. The van der Waals surface area contributed by atoms with Gasteiger partial charge < -0.3 is 10.2 Å². The maximum absolute atomic E-state index is 4.56. The van der Waals surface area contributed by atoms with Gasteiger partial charge >= 0.3 is 0 Å². The van der Waals surface area contributed by atoms with Crippen molar-refractivity contribution in [1.29, 1.82) is 0 Å². The SMILES string of the molecule is CCN1CCN(c2ncnc3c2CNCC3)CC1C. The molecule has 0 spiro atoms. The van der Waals surface area contributed by atoms with Crippen LogP contribution in [0.3, 0.4) is 0 Å². The maximum Gasteiger partial charge on any atom is 0.136 e. The lowest BCUT2D eigenvalue weighted by atomic mass is 10.1. The molecule has 1 N–H and O–H groups in total. The zero-order valence-electron chi connectivity index (χ0n) is 11.9. The first-order valence-corrected chi connectivity index (χ1v) is 7.32. The molecule has 3 heterocycles. The van der Waals surface area contributed by atoms with Gasteiger partial charge in [-0.1, -0.05) is 6.92 Å². The number of aromatic nitrogens is 2. The molecule has 2 aliphatic heterocycles. The molecule has 1 saturated heterocycles. The lowest BCUT2D eigenvalue weighted by molar-refractivity contribution is 0.199. The molecule has 1 aromatic rings. The van der Waals surface area contributed by atoms with Crippen molar-refractivity contribution in [2.75, 3.05) is 37.6 Å². The summed E-state index contributed by atoms with van der Waals surface area (Å²) in [5, 5.41) is 3.43. The highest BCUT2D eigenvalue weighted by Gasteiger charge is 2.26. The van der Waals surface area contributed by atoms with Gasteiger partial charge in [0.15, 0.2) is 0 Å². The third-order valence-electron chi connectivity index (χ3n) is 4.32. The molecule has 5 heteroatoms. The Morgan fingerprint density at radius 1 is 1.37 bits per heavy atom. The molecule has 3 rings (SSSR count). The van der Waals surface area contributed by atoms with E-state index in [0.717, 1.165) is 51.5 Å². The van der Waals surface area contributed by atoms with Gasteiger partial charge in [-0.25, -0.2) is 9.97 Å². The molecule has 1 unspecified atom stereocenters. The molecule has 1 fully saturated rings. The summed E-state index contributed by atoms with van der Waals surface area (Å²) < 4.78 is 0. The van der Waals surface area contributed by atoms with Crippen LogP contribution in [0.4, 0.5) is 5.82 Å². The third-order valence-corrected chi connectivity index (χ3v) is 4.32. The third kappa shape index (κ3) is 2.44. The predicted molar refractivity (Wildman–Crippen MR) is 76.4 cm³/mol. The van der Waals surface area contributed by atoms with Crippen LogP contribution in [0.1, 0.15) is 25.1 Å². The summed E-state index contributed by atoms with van der Waals surface area (Å²) in [6, 6.07) is 0.598. The number of nitrogens with one attached hydrogen (secondary N) is 1. The highest BCUT2D eigenvalue weighted by molar-refractivity contribution is 5.50. The molecule has 1 aromatic heterocycles. The number of hydrogen-bond donors (Lipinski definition) is 1. The number of nitrogens with zero attached hydrogens (tertiary/aromatic N) is 4. The van der Waals surface area contributed by atoms with Crippen molar-refractivity contribution in [1.82, 2.24) is 20.2 Å².